The van der Waals surface area contributed by atoms with Crippen LogP contribution in [0.15, 0.2) is 17.2 Å². The van der Waals surface area contributed by atoms with Crippen molar-refractivity contribution in [3.05, 3.63) is 27.7 Å². The first-order valence-electron chi connectivity index (χ1n) is 6.20. The number of hydrogen-bond acceptors (Lipinski definition) is 4. The van der Waals surface area contributed by atoms with Crippen LogP contribution in [-0.2, 0) is 4.74 Å². The molecule has 4 nitrogen and oxygen atoms in total. The molecule has 1 aromatic rings. The minimum Gasteiger partial charge on any atom is -0.506 e. The van der Waals surface area contributed by atoms with E-state index in [4.69, 9.17) is 27.9 Å². The minimum absolute atomic E-state index is 0.0277. The Labute approximate surface area is 122 Å². The highest BCUT2D eigenvalue weighted by molar-refractivity contribution is 6.36. The predicted molar refractivity (Wildman–Crippen MR) is 77.3 cm³/mol. The van der Waals surface area contributed by atoms with Crippen molar-refractivity contribution in [3.63, 3.8) is 0 Å². The molecular weight excluding hydrogens is 287 g/mol. The number of morpholine rings is 1. The monoisotopic (exact) mass is 302 g/mol. The lowest BCUT2D eigenvalue weighted by atomic mass is 10.1. The van der Waals surface area contributed by atoms with Gasteiger partial charge in [0.05, 0.1) is 37.0 Å². The van der Waals surface area contributed by atoms with E-state index in [1.807, 2.05) is 11.9 Å². The van der Waals surface area contributed by atoms with Crippen molar-refractivity contribution in [1.29, 1.82) is 0 Å². The van der Waals surface area contributed by atoms with E-state index >= 15 is 0 Å². The lowest BCUT2D eigenvalue weighted by Gasteiger charge is -2.25. The normalized spacial score (nSPS) is 16.8. The summed E-state index contributed by atoms with van der Waals surface area (Å²) >= 11 is 11.9. The Balaban J connectivity index is 2.33. The van der Waals surface area contributed by atoms with Crippen LogP contribution < -0.4 is 0 Å². The van der Waals surface area contributed by atoms with E-state index in [2.05, 4.69) is 5.10 Å². The molecule has 0 aromatic heterocycles. The molecule has 1 fully saturated rings. The summed E-state index contributed by atoms with van der Waals surface area (Å²) < 4.78 is 5.28. The van der Waals surface area contributed by atoms with Crippen molar-refractivity contribution in [2.75, 3.05) is 26.3 Å². The second-order valence-corrected chi connectivity index (χ2v) is 5.09. The second kappa shape index (κ2) is 6.46. The molecule has 0 bridgehead atoms. The number of phenols is 1. The van der Waals surface area contributed by atoms with Gasteiger partial charge in [0, 0.05) is 10.6 Å². The van der Waals surface area contributed by atoms with Crippen LogP contribution in [0.1, 0.15) is 18.9 Å². The molecule has 0 amide bonds. The Kier molecular flexibility index (Phi) is 4.91. The standard InChI is InChI=1S/C13H16Cl2N2O2/c1-2-12(16-17-3-5-19-6-4-17)10-7-9(14)8-11(15)13(10)18/h7-8,18H,2-6H2,1H3/b16-12+. The largest absolute Gasteiger partial charge is 0.506 e. The quantitative estimate of drug-likeness (QED) is 0.873. The number of phenolic OH excluding ortho intramolecular Hbond substituents is 1. The molecule has 1 aliphatic rings. The molecule has 1 N–H and O–H groups in total. The Morgan fingerprint density at radius 2 is 2.05 bits per heavy atom. The van der Waals surface area contributed by atoms with E-state index in [0.717, 1.165) is 18.8 Å². The molecule has 1 heterocycles. The van der Waals surface area contributed by atoms with Crippen LogP contribution in [0.25, 0.3) is 0 Å². The molecule has 0 spiro atoms. The summed E-state index contributed by atoms with van der Waals surface area (Å²) in [4.78, 5) is 0. The van der Waals surface area contributed by atoms with Crippen LogP contribution in [0, 0.1) is 0 Å². The highest BCUT2D eigenvalue weighted by atomic mass is 35.5. The van der Waals surface area contributed by atoms with Gasteiger partial charge in [0.25, 0.3) is 0 Å². The average molecular weight is 303 g/mol. The van der Waals surface area contributed by atoms with Crippen molar-refractivity contribution in [2.24, 2.45) is 5.10 Å². The van der Waals surface area contributed by atoms with E-state index in [0.29, 0.717) is 30.2 Å². The zero-order valence-electron chi connectivity index (χ0n) is 10.7. The molecule has 6 heteroatoms. The summed E-state index contributed by atoms with van der Waals surface area (Å²) in [5.74, 6) is 0.0277. The number of ether oxygens (including phenoxy) is 1. The number of benzene rings is 1. The molecule has 0 atom stereocenters. The number of rotatable bonds is 3. The lowest BCUT2D eigenvalue weighted by molar-refractivity contribution is 0.0393. The van der Waals surface area contributed by atoms with Crippen molar-refractivity contribution in [1.82, 2.24) is 5.01 Å². The van der Waals surface area contributed by atoms with E-state index in [-0.39, 0.29) is 10.8 Å². The smallest absolute Gasteiger partial charge is 0.143 e. The molecule has 0 unspecified atom stereocenters. The highest BCUT2D eigenvalue weighted by Crippen LogP contribution is 2.32. The van der Waals surface area contributed by atoms with Crippen molar-refractivity contribution < 1.29 is 9.84 Å². The number of halogens is 2. The molecule has 0 saturated carbocycles. The molecule has 104 valence electrons. The highest BCUT2D eigenvalue weighted by Gasteiger charge is 2.15. The molecule has 19 heavy (non-hydrogen) atoms. The summed E-state index contributed by atoms with van der Waals surface area (Å²) in [7, 11) is 0. The topological polar surface area (TPSA) is 45.1 Å². The van der Waals surface area contributed by atoms with E-state index in [1.54, 1.807) is 6.07 Å². The van der Waals surface area contributed by atoms with Gasteiger partial charge in [-0.05, 0) is 18.6 Å². The van der Waals surface area contributed by atoms with Crippen LogP contribution in [0.2, 0.25) is 10.0 Å². The first-order valence-corrected chi connectivity index (χ1v) is 6.96. The Bertz CT molecular complexity index is 486. The summed E-state index contributed by atoms with van der Waals surface area (Å²) in [6, 6.07) is 3.20. The van der Waals surface area contributed by atoms with Gasteiger partial charge in [-0.3, -0.25) is 5.01 Å². The Morgan fingerprint density at radius 3 is 2.68 bits per heavy atom. The van der Waals surface area contributed by atoms with Gasteiger partial charge < -0.3 is 9.84 Å². The minimum atomic E-state index is 0.0277. The van der Waals surface area contributed by atoms with E-state index in [9.17, 15) is 5.11 Å². The van der Waals surface area contributed by atoms with E-state index < -0.39 is 0 Å². The van der Waals surface area contributed by atoms with Gasteiger partial charge in [-0.15, -0.1) is 0 Å². The number of hydrogen-bond donors (Lipinski definition) is 1. The van der Waals surface area contributed by atoms with Crippen molar-refractivity contribution in [3.8, 4) is 5.75 Å². The Hall–Kier alpha value is -0.970. The molecule has 0 radical (unpaired) electrons. The fourth-order valence-corrected chi connectivity index (χ4v) is 2.42. The first-order chi connectivity index (χ1) is 9.11. The molecule has 2 rings (SSSR count). The fourth-order valence-electron chi connectivity index (χ4n) is 1.93. The van der Waals surface area contributed by atoms with Crippen LogP contribution in [0.3, 0.4) is 0 Å². The van der Waals surface area contributed by atoms with Gasteiger partial charge in [0.1, 0.15) is 5.75 Å². The molecular formula is C13H16Cl2N2O2. The SMILES string of the molecule is CC/C(=N\N1CCOCC1)c1cc(Cl)cc(Cl)c1O. The average Bonchev–Trinajstić information content (AvgIpc) is 2.41. The molecule has 0 aliphatic carbocycles. The van der Waals surface area contributed by atoms with Gasteiger partial charge in [0.2, 0.25) is 0 Å². The number of nitrogens with zero attached hydrogens (tertiary/aromatic N) is 2. The third-order valence-electron chi connectivity index (χ3n) is 2.92. The number of aromatic hydroxyl groups is 1. The fraction of sp³-hybridized carbons (Fsp3) is 0.462. The summed E-state index contributed by atoms with van der Waals surface area (Å²) in [5.41, 5.74) is 1.36. The van der Waals surface area contributed by atoms with Gasteiger partial charge >= 0.3 is 0 Å². The third kappa shape index (κ3) is 3.53. The molecule has 1 saturated heterocycles. The van der Waals surface area contributed by atoms with Gasteiger partial charge in [-0.25, -0.2) is 0 Å². The molecule has 1 aromatic carbocycles. The summed E-state index contributed by atoms with van der Waals surface area (Å²) in [5, 5.41) is 17.3. The third-order valence-corrected chi connectivity index (χ3v) is 3.43. The van der Waals surface area contributed by atoms with Crippen LogP contribution in [0.4, 0.5) is 0 Å². The zero-order valence-corrected chi connectivity index (χ0v) is 12.2. The van der Waals surface area contributed by atoms with Crippen LogP contribution in [-0.4, -0.2) is 42.1 Å². The maximum atomic E-state index is 10.0. The zero-order chi connectivity index (χ0) is 13.8. The van der Waals surface area contributed by atoms with Crippen molar-refractivity contribution in [2.45, 2.75) is 13.3 Å². The Morgan fingerprint density at radius 1 is 1.37 bits per heavy atom. The summed E-state index contributed by atoms with van der Waals surface area (Å²) in [6.45, 7) is 4.82. The predicted octanol–water partition coefficient (Wildman–Crippen LogP) is 3.15. The summed E-state index contributed by atoms with van der Waals surface area (Å²) in [6.07, 6.45) is 0.682. The lowest BCUT2D eigenvalue weighted by Crippen LogP contribution is -2.33. The van der Waals surface area contributed by atoms with Gasteiger partial charge in [-0.2, -0.15) is 5.10 Å². The van der Waals surface area contributed by atoms with Gasteiger partial charge in [0.15, 0.2) is 0 Å². The molecule has 1 aliphatic heterocycles. The van der Waals surface area contributed by atoms with Crippen LogP contribution in [0.5, 0.6) is 5.75 Å². The van der Waals surface area contributed by atoms with Crippen molar-refractivity contribution >= 4 is 28.9 Å². The van der Waals surface area contributed by atoms with E-state index in [1.165, 1.54) is 6.07 Å². The number of hydrazone groups is 1. The maximum absolute atomic E-state index is 10.0. The second-order valence-electron chi connectivity index (χ2n) is 4.25. The first kappa shape index (κ1) is 14.4. The van der Waals surface area contributed by atoms with Crippen LogP contribution >= 0.6 is 23.2 Å². The van der Waals surface area contributed by atoms with Gasteiger partial charge in [-0.1, -0.05) is 30.1 Å². The maximum Gasteiger partial charge on any atom is 0.143 e.